The van der Waals surface area contributed by atoms with Gasteiger partial charge in [0.15, 0.2) is 0 Å². The number of anilines is 1. The van der Waals surface area contributed by atoms with Gasteiger partial charge in [-0.2, -0.15) is 0 Å². The summed E-state index contributed by atoms with van der Waals surface area (Å²) >= 11 is 0. The quantitative estimate of drug-likeness (QED) is 0.746. The number of nitrogen functional groups attached to an aromatic ring is 1. The highest BCUT2D eigenvalue weighted by molar-refractivity contribution is 5.87. The van der Waals surface area contributed by atoms with Crippen LogP contribution in [0.2, 0.25) is 0 Å². The molecule has 1 atom stereocenters. The van der Waals surface area contributed by atoms with Crippen LogP contribution in [0.5, 0.6) is 0 Å². The topological polar surface area (TPSA) is 118 Å². The molecule has 1 aromatic carbocycles. The Morgan fingerprint density at radius 1 is 1.10 bits per heavy atom. The highest BCUT2D eigenvalue weighted by Crippen LogP contribution is 2.18. The minimum Gasteiger partial charge on any atom is -0.368 e. The number of hydrogen-bond donors (Lipinski definition) is 2. The Kier molecular flexibility index (Phi) is 6.43. The van der Waals surface area contributed by atoms with Gasteiger partial charge in [-0.05, 0) is 31.4 Å². The number of primary amides is 1. The molecule has 1 aliphatic heterocycles. The van der Waals surface area contributed by atoms with Crippen LogP contribution in [-0.4, -0.2) is 57.3 Å². The van der Waals surface area contributed by atoms with E-state index in [1.165, 1.54) is 5.56 Å². The van der Waals surface area contributed by atoms with Gasteiger partial charge in [0, 0.05) is 44.0 Å². The highest BCUT2D eigenvalue weighted by Gasteiger charge is 2.33. The Labute approximate surface area is 170 Å². The summed E-state index contributed by atoms with van der Waals surface area (Å²) in [5.41, 5.74) is 14.9. The van der Waals surface area contributed by atoms with Gasteiger partial charge in [0.25, 0.3) is 0 Å². The summed E-state index contributed by atoms with van der Waals surface area (Å²) in [7, 11) is 0. The highest BCUT2D eigenvalue weighted by atomic mass is 16.2. The lowest BCUT2D eigenvalue weighted by atomic mass is 10.0. The van der Waals surface area contributed by atoms with Gasteiger partial charge in [-0.25, -0.2) is 9.97 Å². The normalized spacial score (nSPS) is 17.3. The first-order valence-corrected chi connectivity index (χ1v) is 9.80. The van der Waals surface area contributed by atoms with E-state index >= 15 is 0 Å². The first-order chi connectivity index (χ1) is 13.8. The van der Waals surface area contributed by atoms with Crippen molar-refractivity contribution in [3.63, 3.8) is 0 Å². The molecule has 2 amide bonds. The van der Waals surface area contributed by atoms with Crippen molar-refractivity contribution < 1.29 is 9.59 Å². The third-order valence-corrected chi connectivity index (χ3v) is 5.39. The average Bonchev–Trinajstić information content (AvgIpc) is 2.67. The molecule has 1 aliphatic rings. The molecule has 0 aliphatic carbocycles. The Morgan fingerprint density at radius 3 is 2.38 bits per heavy atom. The van der Waals surface area contributed by atoms with E-state index in [0.29, 0.717) is 26.1 Å². The van der Waals surface area contributed by atoms with Gasteiger partial charge in [-0.15, -0.1) is 0 Å². The SMILES string of the molecule is Cc1nc(N)nc(C)c1CCC(=O)N1CCN(Cc2ccccc2)CC1C(N)=O. The third kappa shape index (κ3) is 5.08. The maximum atomic E-state index is 12.9. The van der Waals surface area contributed by atoms with E-state index in [2.05, 4.69) is 27.0 Å². The molecule has 1 aromatic heterocycles. The van der Waals surface area contributed by atoms with Gasteiger partial charge in [0.1, 0.15) is 6.04 Å². The molecule has 8 nitrogen and oxygen atoms in total. The maximum absolute atomic E-state index is 12.9. The van der Waals surface area contributed by atoms with Gasteiger partial charge in [-0.1, -0.05) is 30.3 Å². The van der Waals surface area contributed by atoms with Crippen LogP contribution >= 0.6 is 0 Å². The average molecular weight is 396 g/mol. The molecule has 0 saturated carbocycles. The molecule has 2 aromatic rings. The van der Waals surface area contributed by atoms with Crippen LogP contribution in [0.25, 0.3) is 0 Å². The Hall–Kier alpha value is -3.00. The molecule has 1 saturated heterocycles. The maximum Gasteiger partial charge on any atom is 0.241 e. The molecule has 8 heteroatoms. The number of nitrogens with two attached hydrogens (primary N) is 2. The van der Waals surface area contributed by atoms with Gasteiger partial charge in [-0.3, -0.25) is 14.5 Å². The van der Waals surface area contributed by atoms with Crippen molar-refractivity contribution in [1.82, 2.24) is 19.8 Å². The monoisotopic (exact) mass is 396 g/mol. The molecule has 1 fully saturated rings. The number of amides is 2. The second-order valence-corrected chi connectivity index (χ2v) is 7.46. The summed E-state index contributed by atoms with van der Waals surface area (Å²) < 4.78 is 0. The van der Waals surface area contributed by atoms with Crippen molar-refractivity contribution in [3.05, 3.63) is 52.8 Å². The van der Waals surface area contributed by atoms with Crippen molar-refractivity contribution in [1.29, 1.82) is 0 Å². The van der Waals surface area contributed by atoms with E-state index in [9.17, 15) is 9.59 Å². The smallest absolute Gasteiger partial charge is 0.241 e. The van der Waals surface area contributed by atoms with Crippen LogP contribution < -0.4 is 11.5 Å². The molecule has 154 valence electrons. The van der Waals surface area contributed by atoms with Crippen LogP contribution in [-0.2, 0) is 22.6 Å². The fraction of sp³-hybridized carbons (Fsp3) is 0.429. The van der Waals surface area contributed by atoms with Gasteiger partial charge in [0.05, 0.1) is 0 Å². The van der Waals surface area contributed by atoms with Gasteiger partial charge in [0.2, 0.25) is 17.8 Å². The summed E-state index contributed by atoms with van der Waals surface area (Å²) in [6.07, 6.45) is 0.782. The summed E-state index contributed by atoms with van der Waals surface area (Å²) in [5.74, 6) is -0.318. The van der Waals surface area contributed by atoms with Crippen molar-refractivity contribution in [2.45, 2.75) is 39.3 Å². The van der Waals surface area contributed by atoms with Crippen LogP contribution in [0.15, 0.2) is 30.3 Å². The zero-order valence-electron chi connectivity index (χ0n) is 17.0. The van der Waals surface area contributed by atoms with Gasteiger partial charge >= 0.3 is 0 Å². The van der Waals surface area contributed by atoms with Crippen LogP contribution in [0.3, 0.4) is 0 Å². The molecule has 0 spiro atoms. The lowest BCUT2D eigenvalue weighted by Gasteiger charge is -2.40. The number of piperazine rings is 1. The van der Waals surface area contributed by atoms with Crippen LogP contribution in [0.4, 0.5) is 5.95 Å². The second kappa shape index (κ2) is 9.00. The van der Waals surface area contributed by atoms with Crippen molar-refractivity contribution in [3.8, 4) is 0 Å². The molecule has 29 heavy (non-hydrogen) atoms. The molecular weight excluding hydrogens is 368 g/mol. The van der Waals surface area contributed by atoms with Crippen molar-refractivity contribution in [2.24, 2.45) is 5.73 Å². The Bertz CT molecular complexity index is 863. The molecule has 2 heterocycles. The fourth-order valence-corrected chi connectivity index (χ4v) is 3.87. The standard InChI is InChI=1S/C21H28N6O2/c1-14-17(15(2)25-21(23)24-14)8-9-19(28)27-11-10-26(13-18(27)20(22)29)12-16-6-4-3-5-7-16/h3-7,18H,8-13H2,1-2H3,(H2,22,29)(H2,23,24,25). The predicted molar refractivity (Wildman–Crippen MR) is 111 cm³/mol. The van der Waals surface area contributed by atoms with Crippen molar-refractivity contribution in [2.75, 3.05) is 25.4 Å². The van der Waals surface area contributed by atoms with E-state index in [1.54, 1.807) is 4.90 Å². The first-order valence-electron chi connectivity index (χ1n) is 9.80. The molecule has 0 bridgehead atoms. The first kappa shape index (κ1) is 20.7. The third-order valence-electron chi connectivity index (χ3n) is 5.39. The minimum absolute atomic E-state index is 0.0798. The number of rotatable bonds is 6. The van der Waals surface area contributed by atoms with E-state index in [4.69, 9.17) is 11.5 Å². The number of aryl methyl sites for hydroxylation is 2. The zero-order chi connectivity index (χ0) is 21.0. The Balaban J connectivity index is 1.63. The molecule has 4 N–H and O–H groups in total. The summed E-state index contributed by atoms with van der Waals surface area (Å²) in [6, 6.07) is 9.44. The lowest BCUT2D eigenvalue weighted by molar-refractivity contribution is -0.142. The van der Waals surface area contributed by atoms with E-state index < -0.39 is 11.9 Å². The van der Waals surface area contributed by atoms with Crippen molar-refractivity contribution >= 4 is 17.8 Å². The number of benzene rings is 1. The summed E-state index contributed by atoms with van der Waals surface area (Å²) in [5, 5.41) is 0. The fourth-order valence-electron chi connectivity index (χ4n) is 3.87. The minimum atomic E-state index is -0.621. The largest absolute Gasteiger partial charge is 0.368 e. The van der Waals surface area contributed by atoms with Crippen LogP contribution in [0, 0.1) is 13.8 Å². The van der Waals surface area contributed by atoms with E-state index in [1.807, 2.05) is 32.0 Å². The molecule has 1 unspecified atom stereocenters. The Morgan fingerprint density at radius 2 is 1.76 bits per heavy atom. The zero-order valence-corrected chi connectivity index (χ0v) is 17.0. The number of carbonyl (C=O) groups excluding carboxylic acids is 2. The van der Waals surface area contributed by atoms with Crippen LogP contribution in [0.1, 0.15) is 28.9 Å². The molecule has 0 radical (unpaired) electrons. The molecule has 3 rings (SSSR count). The summed E-state index contributed by atoms with van der Waals surface area (Å²) in [6.45, 7) is 6.08. The van der Waals surface area contributed by atoms with E-state index in [-0.39, 0.29) is 18.3 Å². The lowest BCUT2D eigenvalue weighted by Crippen LogP contribution is -2.59. The van der Waals surface area contributed by atoms with E-state index in [0.717, 1.165) is 23.5 Å². The van der Waals surface area contributed by atoms with Gasteiger partial charge < -0.3 is 16.4 Å². The second-order valence-electron chi connectivity index (χ2n) is 7.46. The number of aromatic nitrogens is 2. The predicted octanol–water partition coefficient (Wildman–Crippen LogP) is 0.807. The number of hydrogen-bond acceptors (Lipinski definition) is 6. The molecular formula is C21H28N6O2. The summed E-state index contributed by atoms with van der Waals surface area (Å²) in [4.78, 5) is 37.1. The number of carbonyl (C=O) groups is 2. The number of nitrogens with zero attached hydrogens (tertiary/aromatic N) is 4.